The molecule has 1 aromatic heterocycles. The van der Waals surface area contributed by atoms with E-state index in [0.29, 0.717) is 33.3 Å². The van der Waals surface area contributed by atoms with Gasteiger partial charge in [0, 0.05) is 17.5 Å². The Bertz CT molecular complexity index is 1730. The zero-order valence-electron chi connectivity index (χ0n) is 20.2. The fourth-order valence-corrected chi connectivity index (χ4v) is 8.15. The summed E-state index contributed by atoms with van der Waals surface area (Å²) in [5, 5.41) is 0. The van der Waals surface area contributed by atoms with Crippen molar-refractivity contribution in [3.63, 3.8) is 0 Å². The van der Waals surface area contributed by atoms with E-state index in [1.54, 1.807) is 48.5 Å². The number of rotatable bonds is 6. The summed E-state index contributed by atoms with van der Waals surface area (Å²) in [5.41, 5.74) is 3.35. The van der Waals surface area contributed by atoms with Gasteiger partial charge in [0.1, 0.15) is 10.3 Å². The van der Waals surface area contributed by atoms with Crippen molar-refractivity contribution in [3.05, 3.63) is 94.8 Å². The second-order valence-corrected chi connectivity index (χ2v) is 14.5. The molecule has 5 rings (SSSR count). The Balaban J connectivity index is 1.53. The lowest BCUT2D eigenvalue weighted by atomic mass is 10.0. The first-order valence-electron chi connectivity index (χ1n) is 11.6. The molecule has 7 nitrogen and oxygen atoms in total. The molecule has 0 saturated heterocycles. The van der Waals surface area contributed by atoms with Crippen LogP contribution in [0.1, 0.15) is 12.0 Å². The molecule has 1 unspecified atom stereocenters. The van der Waals surface area contributed by atoms with Gasteiger partial charge in [-0.25, -0.2) is 16.8 Å². The number of sulfone groups is 1. The van der Waals surface area contributed by atoms with E-state index in [1.807, 2.05) is 24.3 Å². The Morgan fingerprint density at radius 2 is 1.58 bits per heavy atom. The average molecular weight is 587 g/mol. The number of carbonyl (C=O) groups is 1. The number of nitrogens with one attached hydrogen (secondary N) is 1. The van der Waals surface area contributed by atoms with Gasteiger partial charge in [-0.15, -0.1) is 11.3 Å². The summed E-state index contributed by atoms with van der Waals surface area (Å²) in [6.07, 6.45) is 1.94. The smallest absolute Gasteiger partial charge is 0.250 e. The van der Waals surface area contributed by atoms with Crippen molar-refractivity contribution in [2.45, 2.75) is 28.0 Å². The SMILES string of the molecule is CS(=O)(=O)c1ccccc1-c1ccc(N2C(=O)C(NS(=O)(=O)c3ccc(Cl)s3)CCc3ccccc32)cc1. The first-order chi connectivity index (χ1) is 18.0. The lowest BCUT2D eigenvalue weighted by Gasteiger charge is -2.26. The number of halogens is 1. The Kier molecular flexibility index (Phi) is 7.19. The number of benzene rings is 3. The number of para-hydroxylation sites is 1. The van der Waals surface area contributed by atoms with Crippen LogP contribution in [0.4, 0.5) is 11.4 Å². The number of hydrogen-bond acceptors (Lipinski definition) is 6. The predicted molar refractivity (Wildman–Crippen MR) is 150 cm³/mol. The molecule has 3 aromatic carbocycles. The van der Waals surface area contributed by atoms with Gasteiger partial charge in [0.05, 0.1) is 14.9 Å². The molecule has 0 fully saturated rings. The molecular formula is C27H23ClN2O5S3. The number of hydrogen-bond donors (Lipinski definition) is 1. The molecule has 0 bridgehead atoms. The van der Waals surface area contributed by atoms with Gasteiger partial charge in [0.15, 0.2) is 9.84 Å². The summed E-state index contributed by atoms with van der Waals surface area (Å²) >= 11 is 6.86. The molecule has 0 saturated carbocycles. The highest BCUT2D eigenvalue weighted by atomic mass is 35.5. The minimum atomic E-state index is -3.96. The van der Waals surface area contributed by atoms with Crippen LogP contribution in [0.2, 0.25) is 4.34 Å². The maximum Gasteiger partial charge on any atom is 0.250 e. The highest BCUT2D eigenvalue weighted by Crippen LogP contribution is 2.36. The maximum absolute atomic E-state index is 13.9. The molecule has 38 heavy (non-hydrogen) atoms. The summed E-state index contributed by atoms with van der Waals surface area (Å²) in [6.45, 7) is 0. The number of aryl methyl sites for hydroxylation is 1. The predicted octanol–water partition coefficient (Wildman–Crippen LogP) is 5.43. The van der Waals surface area contributed by atoms with E-state index >= 15 is 0 Å². The minimum Gasteiger partial charge on any atom is -0.279 e. The minimum absolute atomic E-state index is 0.0394. The van der Waals surface area contributed by atoms with E-state index in [-0.39, 0.29) is 15.5 Å². The van der Waals surface area contributed by atoms with Crippen LogP contribution in [0.25, 0.3) is 11.1 Å². The normalized spacial score (nSPS) is 16.2. The van der Waals surface area contributed by atoms with Crippen molar-refractivity contribution >= 4 is 60.1 Å². The number of nitrogens with zero attached hydrogens (tertiary/aromatic N) is 1. The summed E-state index contributed by atoms with van der Waals surface area (Å²) in [7, 11) is -7.41. The third-order valence-corrected chi connectivity index (χ3v) is 10.6. The largest absolute Gasteiger partial charge is 0.279 e. The fourth-order valence-electron chi connectivity index (χ4n) is 4.52. The molecule has 0 radical (unpaired) electrons. The third-order valence-electron chi connectivity index (χ3n) is 6.29. The molecule has 1 aliphatic heterocycles. The molecule has 1 N–H and O–H groups in total. The van der Waals surface area contributed by atoms with Gasteiger partial charge in [-0.3, -0.25) is 9.69 Å². The molecule has 1 atom stereocenters. The van der Waals surface area contributed by atoms with Gasteiger partial charge in [-0.2, -0.15) is 4.72 Å². The van der Waals surface area contributed by atoms with Crippen LogP contribution in [-0.4, -0.2) is 35.0 Å². The quantitative estimate of drug-likeness (QED) is 0.325. The summed E-state index contributed by atoms with van der Waals surface area (Å²) < 4.78 is 53.6. The molecule has 4 aromatic rings. The van der Waals surface area contributed by atoms with E-state index in [1.165, 1.54) is 23.3 Å². The number of fused-ring (bicyclic) bond motifs is 1. The lowest BCUT2D eigenvalue weighted by molar-refractivity contribution is -0.119. The number of amides is 1. The van der Waals surface area contributed by atoms with E-state index in [4.69, 9.17) is 11.6 Å². The van der Waals surface area contributed by atoms with Crippen LogP contribution in [-0.2, 0) is 31.1 Å². The number of sulfonamides is 1. The summed E-state index contributed by atoms with van der Waals surface area (Å²) in [6, 6.07) is 23.1. The number of anilines is 2. The molecule has 2 heterocycles. The van der Waals surface area contributed by atoms with Crippen LogP contribution >= 0.6 is 22.9 Å². The molecule has 196 valence electrons. The zero-order chi connectivity index (χ0) is 27.1. The molecule has 11 heteroatoms. The van der Waals surface area contributed by atoms with Crippen molar-refractivity contribution in [1.29, 1.82) is 0 Å². The highest BCUT2D eigenvalue weighted by Gasteiger charge is 2.34. The highest BCUT2D eigenvalue weighted by molar-refractivity contribution is 7.91. The average Bonchev–Trinajstić information content (AvgIpc) is 3.29. The van der Waals surface area contributed by atoms with Crippen molar-refractivity contribution in [3.8, 4) is 11.1 Å². The van der Waals surface area contributed by atoms with Crippen molar-refractivity contribution in [2.75, 3.05) is 11.2 Å². The molecule has 1 amide bonds. The second-order valence-electron chi connectivity index (χ2n) is 8.89. The molecule has 0 aliphatic carbocycles. The lowest BCUT2D eigenvalue weighted by Crippen LogP contribution is -2.46. The van der Waals surface area contributed by atoms with Crippen molar-refractivity contribution in [2.24, 2.45) is 0 Å². The molecular weight excluding hydrogens is 564 g/mol. The standard InChI is InChI=1S/C27H23ClN2O5S3/c1-37(32,33)24-9-5-3-7-21(24)18-10-13-20(14-11-18)30-23-8-4-2-6-19(23)12-15-22(27(30)31)29-38(34,35)26-17-16-25(28)36-26/h2-11,13-14,16-17,22,29H,12,15H2,1H3. The second kappa shape index (κ2) is 10.3. The van der Waals surface area contributed by atoms with E-state index in [0.717, 1.165) is 16.9 Å². The first-order valence-corrected chi connectivity index (χ1v) is 16.2. The Labute approximate surface area is 230 Å². The van der Waals surface area contributed by atoms with Gasteiger partial charge in [-0.1, -0.05) is 60.1 Å². The van der Waals surface area contributed by atoms with Crippen LogP contribution < -0.4 is 9.62 Å². The van der Waals surface area contributed by atoms with Crippen LogP contribution in [0, 0.1) is 0 Å². The molecule has 1 aliphatic rings. The maximum atomic E-state index is 13.9. The zero-order valence-corrected chi connectivity index (χ0v) is 23.4. The monoisotopic (exact) mass is 586 g/mol. The van der Waals surface area contributed by atoms with Crippen LogP contribution in [0.5, 0.6) is 0 Å². The first kappa shape index (κ1) is 26.6. The van der Waals surface area contributed by atoms with E-state index in [2.05, 4.69) is 4.72 Å². The summed E-state index contributed by atoms with van der Waals surface area (Å²) in [5.74, 6) is -0.412. The van der Waals surface area contributed by atoms with E-state index < -0.39 is 31.8 Å². The van der Waals surface area contributed by atoms with Gasteiger partial charge >= 0.3 is 0 Å². The third kappa shape index (κ3) is 5.27. The Morgan fingerprint density at radius 3 is 2.26 bits per heavy atom. The van der Waals surface area contributed by atoms with Gasteiger partial charge in [-0.05, 0) is 60.4 Å². The fraction of sp³-hybridized carbons (Fsp3) is 0.148. The summed E-state index contributed by atoms with van der Waals surface area (Å²) in [4.78, 5) is 15.6. The number of thiophene rings is 1. The number of carbonyl (C=O) groups excluding carboxylic acids is 1. The Hall–Kier alpha value is -3.02. The van der Waals surface area contributed by atoms with Gasteiger partial charge < -0.3 is 0 Å². The van der Waals surface area contributed by atoms with Crippen molar-refractivity contribution in [1.82, 2.24) is 4.72 Å². The van der Waals surface area contributed by atoms with E-state index in [9.17, 15) is 21.6 Å². The van der Waals surface area contributed by atoms with Gasteiger partial charge in [0.25, 0.3) is 10.0 Å². The molecule has 0 spiro atoms. The topological polar surface area (TPSA) is 101 Å². The van der Waals surface area contributed by atoms with Crippen LogP contribution in [0.15, 0.2) is 94.0 Å². The Morgan fingerprint density at radius 1 is 0.895 bits per heavy atom. The van der Waals surface area contributed by atoms with Crippen LogP contribution in [0.3, 0.4) is 0 Å². The van der Waals surface area contributed by atoms with Crippen molar-refractivity contribution < 1.29 is 21.6 Å². The van der Waals surface area contributed by atoms with Gasteiger partial charge in [0.2, 0.25) is 5.91 Å².